The van der Waals surface area contributed by atoms with Gasteiger partial charge in [-0.05, 0) is 44.2 Å². The van der Waals surface area contributed by atoms with Crippen LogP contribution in [0.15, 0.2) is 0 Å². The number of unbranched alkanes of at least 4 members (excludes halogenated alkanes) is 1. The van der Waals surface area contributed by atoms with E-state index >= 15 is 0 Å². The van der Waals surface area contributed by atoms with Gasteiger partial charge in [0, 0.05) is 17.8 Å². The first kappa shape index (κ1) is 17.0. The Hall–Kier alpha value is -1.40. The van der Waals surface area contributed by atoms with E-state index in [1.165, 1.54) is 16.2 Å². The fraction of sp³-hybridized carbons (Fsp3) is 0.625. The molecule has 1 aliphatic carbocycles. The van der Waals surface area contributed by atoms with Gasteiger partial charge in [-0.3, -0.25) is 9.59 Å². The molecular weight excluding hydrogens is 298 g/mol. The second-order valence-electron chi connectivity index (χ2n) is 5.68. The third-order valence-electron chi connectivity index (χ3n) is 3.91. The van der Waals surface area contributed by atoms with Crippen molar-refractivity contribution in [3.63, 3.8) is 0 Å². The summed E-state index contributed by atoms with van der Waals surface area (Å²) in [6, 6.07) is 0. The minimum Gasteiger partial charge on any atom is -0.365 e. The Kier molecular flexibility index (Phi) is 6.39. The molecular formula is C16H25N3O2S. The van der Waals surface area contributed by atoms with Crippen molar-refractivity contribution in [1.29, 1.82) is 0 Å². The van der Waals surface area contributed by atoms with E-state index in [1.807, 2.05) is 0 Å². The normalized spacial score (nSPS) is 13.7. The van der Waals surface area contributed by atoms with Gasteiger partial charge in [-0.25, -0.2) is 0 Å². The molecule has 0 fully saturated rings. The first-order valence-corrected chi connectivity index (χ1v) is 8.90. The van der Waals surface area contributed by atoms with Crippen LogP contribution in [0.25, 0.3) is 0 Å². The number of fused-ring (bicyclic) bond motifs is 1. The molecule has 0 aromatic carbocycles. The van der Waals surface area contributed by atoms with Crippen molar-refractivity contribution in [3.05, 3.63) is 16.0 Å². The van der Waals surface area contributed by atoms with Crippen LogP contribution in [0.3, 0.4) is 0 Å². The summed E-state index contributed by atoms with van der Waals surface area (Å²) in [6.45, 7) is 3.73. The average molecular weight is 323 g/mol. The van der Waals surface area contributed by atoms with Crippen LogP contribution in [0.5, 0.6) is 0 Å². The van der Waals surface area contributed by atoms with Crippen LogP contribution in [0.2, 0.25) is 0 Å². The van der Waals surface area contributed by atoms with Gasteiger partial charge in [-0.1, -0.05) is 13.3 Å². The van der Waals surface area contributed by atoms with Gasteiger partial charge in [0.05, 0.1) is 5.56 Å². The fourth-order valence-electron chi connectivity index (χ4n) is 2.73. The number of anilines is 1. The van der Waals surface area contributed by atoms with Crippen molar-refractivity contribution < 1.29 is 9.59 Å². The van der Waals surface area contributed by atoms with E-state index in [1.54, 1.807) is 0 Å². The highest BCUT2D eigenvalue weighted by Gasteiger charge is 2.24. The van der Waals surface area contributed by atoms with Crippen LogP contribution >= 0.6 is 11.3 Å². The molecule has 1 aromatic rings. The summed E-state index contributed by atoms with van der Waals surface area (Å²) >= 11 is 1.51. The molecule has 22 heavy (non-hydrogen) atoms. The van der Waals surface area contributed by atoms with Crippen LogP contribution in [0, 0.1) is 0 Å². The van der Waals surface area contributed by atoms with E-state index < -0.39 is 5.91 Å². The van der Waals surface area contributed by atoms with Gasteiger partial charge in [0.1, 0.15) is 5.00 Å². The topological polar surface area (TPSA) is 84.2 Å². The van der Waals surface area contributed by atoms with Gasteiger partial charge in [-0.2, -0.15) is 0 Å². The summed E-state index contributed by atoms with van der Waals surface area (Å²) in [5, 5.41) is 6.76. The summed E-state index contributed by atoms with van der Waals surface area (Å²) in [5.41, 5.74) is 7.11. The van der Waals surface area contributed by atoms with Crippen LogP contribution in [0.4, 0.5) is 5.00 Å². The van der Waals surface area contributed by atoms with Crippen molar-refractivity contribution in [2.45, 2.75) is 51.9 Å². The zero-order valence-corrected chi connectivity index (χ0v) is 14.0. The molecule has 1 aromatic heterocycles. The van der Waals surface area contributed by atoms with Gasteiger partial charge in [0.2, 0.25) is 5.91 Å². The molecule has 1 aliphatic rings. The third kappa shape index (κ3) is 4.30. The van der Waals surface area contributed by atoms with E-state index in [0.717, 1.165) is 50.6 Å². The predicted molar refractivity (Wildman–Crippen MR) is 90.5 cm³/mol. The molecule has 6 heteroatoms. The van der Waals surface area contributed by atoms with Crippen LogP contribution in [-0.4, -0.2) is 24.9 Å². The lowest BCUT2D eigenvalue weighted by Gasteiger charge is -2.11. The summed E-state index contributed by atoms with van der Waals surface area (Å²) in [7, 11) is 0. The summed E-state index contributed by atoms with van der Waals surface area (Å²) < 4.78 is 0. The lowest BCUT2D eigenvalue weighted by Crippen LogP contribution is -2.23. The van der Waals surface area contributed by atoms with E-state index in [0.29, 0.717) is 23.5 Å². The lowest BCUT2D eigenvalue weighted by molar-refractivity contribution is -0.116. The second-order valence-corrected chi connectivity index (χ2v) is 6.79. The summed E-state index contributed by atoms with van der Waals surface area (Å²) in [5.74, 6) is -0.499. The summed E-state index contributed by atoms with van der Waals surface area (Å²) in [4.78, 5) is 25.0. The number of primary amides is 1. The lowest BCUT2D eigenvalue weighted by atomic mass is 9.95. The Morgan fingerprint density at radius 1 is 1.23 bits per heavy atom. The number of carbonyl (C=O) groups excluding carboxylic acids is 2. The Labute approximate surface area is 135 Å². The molecule has 2 amide bonds. The van der Waals surface area contributed by atoms with Gasteiger partial charge >= 0.3 is 0 Å². The van der Waals surface area contributed by atoms with Crippen molar-refractivity contribution in [3.8, 4) is 0 Å². The molecule has 0 spiro atoms. The Bertz CT molecular complexity index is 540. The average Bonchev–Trinajstić information content (AvgIpc) is 2.84. The Morgan fingerprint density at radius 2 is 2.00 bits per heavy atom. The minimum atomic E-state index is -0.434. The highest BCUT2D eigenvalue weighted by Crippen LogP contribution is 2.37. The van der Waals surface area contributed by atoms with Gasteiger partial charge in [-0.15, -0.1) is 11.3 Å². The number of nitrogens with one attached hydrogen (secondary N) is 2. The first-order chi connectivity index (χ1) is 10.6. The van der Waals surface area contributed by atoms with Gasteiger partial charge in [0.15, 0.2) is 0 Å². The predicted octanol–water partition coefficient (Wildman–Crippen LogP) is 2.44. The SMILES string of the molecule is CCCCNCCC(=O)Nc1sc2c(c1C(N)=O)CCCC2. The maximum Gasteiger partial charge on any atom is 0.251 e. The van der Waals surface area contributed by atoms with Crippen molar-refractivity contribution in [2.75, 3.05) is 18.4 Å². The number of aryl methyl sites for hydroxylation is 1. The molecule has 5 nitrogen and oxygen atoms in total. The number of rotatable bonds is 8. The van der Waals surface area contributed by atoms with Crippen molar-refractivity contribution in [2.24, 2.45) is 5.73 Å². The number of carbonyl (C=O) groups is 2. The first-order valence-electron chi connectivity index (χ1n) is 8.08. The fourth-order valence-corrected chi connectivity index (χ4v) is 4.04. The highest BCUT2D eigenvalue weighted by molar-refractivity contribution is 7.17. The van der Waals surface area contributed by atoms with Crippen molar-refractivity contribution >= 4 is 28.2 Å². The molecule has 0 saturated carbocycles. The van der Waals surface area contributed by atoms with Crippen molar-refractivity contribution in [1.82, 2.24) is 5.32 Å². The molecule has 1 heterocycles. The smallest absolute Gasteiger partial charge is 0.251 e. The standard InChI is InChI=1S/C16H25N3O2S/c1-2-3-9-18-10-8-13(20)19-16-14(15(17)21)11-6-4-5-7-12(11)22-16/h18H,2-10H2,1H3,(H2,17,21)(H,19,20). The van der Waals surface area contributed by atoms with E-state index in [4.69, 9.17) is 5.73 Å². The highest BCUT2D eigenvalue weighted by atomic mass is 32.1. The molecule has 4 N–H and O–H groups in total. The molecule has 122 valence electrons. The minimum absolute atomic E-state index is 0.0647. The molecule has 0 atom stereocenters. The second kappa shape index (κ2) is 8.29. The third-order valence-corrected chi connectivity index (χ3v) is 5.11. The summed E-state index contributed by atoms with van der Waals surface area (Å²) in [6.07, 6.45) is 6.75. The molecule has 0 saturated heterocycles. The number of nitrogens with two attached hydrogens (primary N) is 1. The van der Waals surface area contributed by atoms with Crippen LogP contribution in [-0.2, 0) is 17.6 Å². The van der Waals surface area contributed by atoms with E-state index in [-0.39, 0.29) is 5.91 Å². The Balaban J connectivity index is 1.95. The van der Waals surface area contributed by atoms with Gasteiger partial charge in [0.25, 0.3) is 5.91 Å². The van der Waals surface area contributed by atoms with E-state index in [2.05, 4.69) is 17.6 Å². The monoisotopic (exact) mass is 323 g/mol. The van der Waals surface area contributed by atoms with Crippen LogP contribution < -0.4 is 16.4 Å². The number of hydrogen-bond donors (Lipinski definition) is 3. The largest absolute Gasteiger partial charge is 0.365 e. The zero-order chi connectivity index (χ0) is 15.9. The molecule has 0 aliphatic heterocycles. The maximum atomic E-state index is 12.0. The molecule has 0 bridgehead atoms. The number of amides is 2. The molecule has 2 rings (SSSR count). The number of thiophene rings is 1. The van der Waals surface area contributed by atoms with Gasteiger partial charge < -0.3 is 16.4 Å². The maximum absolute atomic E-state index is 12.0. The molecule has 0 unspecified atom stereocenters. The number of hydrogen-bond acceptors (Lipinski definition) is 4. The molecule has 0 radical (unpaired) electrons. The van der Waals surface area contributed by atoms with E-state index in [9.17, 15) is 9.59 Å². The quantitative estimate of drug-likeness (QED) is 0.642. The van der Waals surface area contributed by atoms with Crippen LogP contribution in [0.1, 0.15) is 59.8 Å². The Morgan fingerprint density at radius 3 is 2.73 bits per heavy atom. The zero-order valence-electron chi connectivity index (χ0n) is 13.2.